The Morgan fingerprint density at radius 1 is 1.09 bits per heavy atom. The van der Waals surface area contributed by atoms with Crippen molar-refractivity contribution in [2.45, 2.75) is 50.0 Å². The molecule has 2 N–H and O–H groups in total. The summed E-state index contributed by atoms with van der Waals surface area (Å²) in [5, 5.41) is 5.30. The van der Waals surface area contributed by atoms with Crippen molar-refractivity contribution >= 4 is 33.6 Å². The van der Waals surface area contributed by atoms with Crippen LogP contribution in [0.25, 0.3) is 0 Å². The van der Waals surface area contributed by atoms with Gasteiger partial charge in [-0.25, -0.2) is 13.2 Å². The van der Waals surface area contributed by atoms with Gasteiger partial charge in [-0.2, -0.15) is 4.31 Å². The Kier molecular flexibility index (Phi) is 6.70. The average molecular weight is 499 g/mol. The van der Waals surface area contributed by atoms with Crippen molar-refractivity contribution in [3.63, 3.8) is 0 Å². The van der Waals surface area contributed by atoms with E-state index in [4.69, 9.17) is 0 Å². The molecule has 2 saturated heterocycles. The highest BCUT2D eigenvalue weighted by Crippen LogP contribution is 2.30. The number of imide groups is 1. The van der Waals surface area contributed by atoms with Gasteiger partial charge in [0.15, 0.2) is 0 Å². The van der Waals surface area contributed by atoms with Crippen LogP contribution in [0.3, 0.4) is 0 Å². The topological polar surface area (TPSA) is 116 Å². The molecule has 2 aromatic rings. The third kappa shape index (κ3) is 4.81. The maximum atomic E-state index is 13.2. The lowest BCUT2D eigenvalue weighted by Crippen LogP contribution is -2.42. The minimum absolute atomic E-state index is 0.0876. The van der Waals surface area contributed by atoms with Crippen LogP contribution in [0, 0.1) is 0 Å². The molecule has 0 unspecified atom stereocenters. The lowest BCUT2D eigenvalue weighted by molar-refractivity contribution is -0.133. The van der Waals surface area contributed by atoms with Crippen molar-refractivity contribution in [1.82, 2.24) is 14.5 Å². The van der Waals surface area contributed by atoms with E-state index in [2.05, 4.69) is 24.5 Å². The first-order valence-electron chi connectivity index (χ1n) is 11.7. The molecule has 9 nitrogen and oxygen atoms in total. The summed E-state index contributed by atoms with van der Waals surface area (Å²) in [6.07, 6.45) is 1.64. The molecule has 0 radical (unpaired) electrons. The number of hydrogen-bond acceptors (Lipinski definition) is 5. The summed E-state index contributed by atoms with van der Waals surface area (Å²) < 4.78 is 27.0. The first-order valence-corrected chi connectivity index (χ1v) is 13.1. The van der Waals surface area contributed by atoms with Gasteiger partial charge in [0.1, 0.15) is 12.1 Å². The summed E-state index contributed by atoms with van der Waals surface area (Å²) in [7, 11) is -3.64. The van der Waals surface area contributed by atoms with E-state index in [0.717, 1.165) is 23.3 Å². The van der Waals surface area contributed by atoms with E-state index in [0.29, 0.717) is 24.6 Å². The molecule has 4 amide bonds. The van der Waals surface area contributed by atoms with E-state index >= 15 is 0 Å². The molecule has 1 atom stereocenters. The highest BCUT2D eigenvalue weighted by molar-refractivity contribution is 7.89. The van der Waals surface area contributed by atoms with Crippen molar-refractivity contribution in [3.8, 4) is 0 Å². The smallest absolute Gasteiger partial charge is 0.324 e. The van der Waals surface area contributed by atoms with E-state index in [9.17, 15) is 22.8 Å². The molecule has 35 heavy (non-hydrogen) atoms. The highest BCUT2D eigenvalue weighted by Gasteiger charge is 2.49. The van der Waals surface area contributed by atoms with Crippen molar-refractivity contribution in [3.05, 3.63) is 59.7 Å². The van der Waals surface area contributed by atoms with Crippen molar-refractivity contribution in [2.24, 2.45) is 0 Å². The second-order valence-corrected chi connectivity index (χ2v) is 11.3. The quantitative estimate of drug-likeness (QED) is 0.570. The second-order valence-electron chi connectivity index (χ2n) is 9.41. The Hall–Kier alpha value is -3.24. The van der Waals surface area contributed by atoms with Gasteiger partial charge in [-0.1, -0.05) is 44.2 Å². The maximum absolute atomic E-state index is 13.2. The van der Waals surface area contributed by atoms with Crippen LogP contribution in [0.15, 0.2) is 53.4 Å². The molecule has 2 aliphatic rings. The van der Waals surface area contributed by atoms with Crippen LogP contribution in [-0.4, -0.2) is 55.1 Å². The Morgan fingerprint density at radius 3 is 2.37 bits per heavy atom. The Bertz CT molecular complexity index is 1250. The molecule has 0 aliphatic carbocycles. The molecule has 2 heterocycles. The van der Waals surface area contributed by atoms with E-state index in [-0.39, 0.29) is 10.6 Å². The molecule has 0 aromatic heterocycles. The first kappa shape index (κ1) is 24.9. The summed E-state index contributed by atoms with van der Waals surface area (Å²) >= 11 is 0. The van der Waals surface area contributed by atoms with Crippen LogP contribution in [0.1, 0.15) is 50.7 Å². The van der Waals surface area contributed by atoms with Crippen LogP contribution >= 0.6 is 0 Å². The summed E-state index contributed by atoms with van der Waals surface area (Å²) in [5.41, 5.74) is 0.730. The Labute approximate surface area is 205 Å². The van der Waals surface area contributed by atoms with Gasteiger partial charge in [0, 0.05) is 18.8 Å². The van der Waals surface area contributed by atoms with Gasteiger partial charge < -0.3 is 10.6 Å². The van der Waals surface area contributed by atoms with Gasteiger partial charge in [0.25, 0.3) is 5.91 Å². The molecule has 2 aromatic carbocycles. The van der Waals surface area contributed by atoms with Gasteiger partial charge in [0.05, 0.1) is 4.90 Å². The molecule has 2 fully saturated rings. The number of carbonyl (C=O) groups excluding carboxylic acids is 3. The molecule has 0 saturated carbocycles. The zero-order chi connectivity index (χ0) is 25.4. The van der Waals surface area contributed by atoms with Gasteiger partial charge in [-0.05, 0) is 55.0 Å². The van der Waals surface area contributed by atoms with Crippen LogP contribution in [0.4, 0.5) is 10.5 Å². The number of anilines is 1. The summed E-state index contributed by atoms with van der Waals surface area (Å²) in [6, 6.07) is 12.8. The molecular weight excluding hydrogens is 468 g/mol. The summed E-state index contributed by atoms with van der Waals surface area (Å²) in [5.74, 6) is -0.807. The van der Waals surface area contributed by atoms with Crippen molar-refractivity contribution < 1.29 is 22.8 Å². The number of rotatable bonds is 7. The number of nitrogens with one attached hydrogen (secondary N) is 2. The Balaban J connectivity index is 1.46. The highest BCUT2D eigenvalue weighted by atomic mass is 32.2. The maximum Gasteiger partial charge on any atom is 0.325 e. The zero-order valence-electron chi connectivity index (χ0n) is 20.1. The van der Waals surface area contributed by atoms with Crippen LogP contribution in [-0.2, 0) is 25.2 Å². The largest absolute Gasteiger partial charge is 0.325 e. The molecule has 186 valence electrons. The summed E-state index contributed by atoms with van der Waals surface area (Å²) in [6.45, 7) is 6.21. The molecule has 2 aliphatic heterocycles. The third-order valence-corrected chi connectivity index (χ3v) is 8.45. The van der Waals surface area contributed by atoms with E-state index in [1.807, 2.05) is 24.3 Å². The van der Waals surface area contributed by atoms with Crippen LogP contribution in [0.5, 0.6) is 0 Å². The molecular formula is C25H30N4O5S. The number of hydrogen-bond donors (Lipinski definition) is 2. The number of benzene rings is 2. The normalized spacial score (nSPS) is 21.0. The molecule has 0 bridgehead atoms. The fourth-order valence-corrected chi connectivity index (χ4v) is 5.96. The lowest BCUT2D eigenvalue weighted by atomic mass is 9.90. The van der Waals surface area contributed by atoms with E-state index in [1.54, 1.807) is 19.1 Å². The minimum atomic E-state index is -3.64. The molecule has 10 heteroatoms. The molecule has 4 rings (SSSR count). The van der Waals surface area contributed by atoms with Gasteiger partial charge in [0.2, 0.25) is 15.9 Å². The number of nitrogens with zero attached hydrogens (tertiary/aromatic N) is 2. The van der Waals surface area contributed by atoms with E-state index in [1.165, 1.54) is 16.4 Å². The standard InChI is InChI=1S/C25H30N4O5S/c1-17(2)18-9-11-19(12-10-18)25(3)23(31)29(24(32)27-25)16-22(30)26-20-7-6-8-21(15-20)35(33,34)28-13-4-5-14-28/h6-12,15,17H,4-5,13-14,16H2,1-3H3,(H,26,30)(H,27,32)/t25-/m1/s1. The minimum Gasteiger partial charge on any atom is -0.324 e. The van der Waals surface area contributed by atoms with Gasteiger partial charge in [-0.15, -0.1) is 0 Å². The van der Waals surface area contributed by atoms with Gasteiger partial charge >= 0.3 is 6.03 Å². The number of carbonyl (C=O) groups is 3. The number of amides is 4. The van der Waals surface area contributed by atoms with Crippen molar-refractivity contribution in [2.75, 3.05) is 25.0 Å². The number of sulfonamides is 1. The third-order valence-electron chi connectivity index (χ3n) is 6.55. The average Bonchev–Trinajstić information content (AvgIpc) is 3.44. The van der Waals surface area contributed by atoms with Crippen LogP contribution < -0.4 is 10.6 Å². The molecule has 0 spiro atoms. The number of urea groups is 1. The monoisotopic (exact) mass is 498 g/mol. The SMILES string of the molecule is CC(C)c1ccc([C@@]2(C)NC(=O)N(CC(=O)Nc3cccc(S(=O)(=O)N4CCCC4)c3)C2=O)cc1. The zero-order valence-corrected chi connectivity index (χ0v) is 20.9. The lowest BCUT2D eigenvalue weighted by Gasteiger charge is -2.22. The summed E-state index contributed by atoms with van der Waals surface area (Å²) in [4.78, 5) is 39.4. The van der Waals surface area contributed by atoms with E-state index < -0.39 is 40.0 Å². The predicted molar refractivity (Wildman–Crippen MR) is 131 cm³/mol. The Morgan fingerprint density at radius 2 is 1.74 bits per heavy atom. The van der Waals surface area contributed by atoms with Crippen molar-refractivity contribution in [1.29, 1.82) is 0 Å². The predicted octanol–water partition coefficient (Wildman–Crippen LogP) is 3.00. The second kappa shape index (κ2) is 9.43. The fraction of sp³-hybridized carbons (Fsp3) is 0.400. The van der Waals surface area contributed by atoms with Gasteiger partial charge in [-0.3, -0.25) is 14.5 Å². The fourth-order valence-electron chi connectivity index (χ4n) is 4.39. The van der Waals surface area contributed by atoms with Crippen LogP contribution in [0.2, 0.25) is 0 Å². The first-order chi connectivity index (χ1) is 16.5.